The van der Waals surface area contributed by atoms with Gasteiger partial charge in [-0.3, -0.25) is 9.48 Å². The van der Waals surface area contributed by atoms with Gasteiger partial charge in [-0.25, -0.2) is 0 Å². The molecule has 3 N–H and O–H groups in total. The standard InChI is InChI=1S/C8H13N5O/c9-8(14)7-5-13(12-11-7)4-6-2-1-3-10-6/h5-6,10H,1-4H2,(H2,9,14). The number of hydrogen-bond acceptors (Lipinski definition) is 4. The van der Waals surface area contributed by atoms with E-state index in [9.17, 15) is 4.79 Å². The molecule has 1 saturated heterocycles. The molecule has 1 fully saturated rings. The largest absolute Gasteiger partial charge is 0.364 e. The zero-order chi connectivity index (χ0) is 9.97. The quantitative estimate of drug-likeness (QED) is 0.656. The first-order valence-corrected chi connectivity index (χ1v) is 4.69. The minimum absolute atomic E-state index is 0.225. The van der Waals surface area contributed by atoms with Crippen LogP contribution >= 0.6 is 0 Å². The summed E-state index contributed by atoms with van der Waals surface area (Å²) in [4.78, 5) is 10.7. The predicted octanol–water partition coefficient (Wildman–Crippen LogP) is -0.871. The summed E-state index contributed by atoms with van der Waals surface area (Å²) in [5.74, 6) is -0.532. The monoisotopic (exact) mass is 195 g/mol. The second kappa shape index (κ2) is 3.75. The van der Waals surface area contributed by atoms with Crippen LogP contribution in [0.1, 0.15) is 23.3 Å². The molecule has 0 aliphatic carbocycles. The van der Waals surface area contributed by atoms with Crippen LogP contribution < -0.4 is 11.1 Å². The van der Waals surface area contributed by atoms with Crippen molar-refractivity contribution in [3.05, 3.63) is 11.9 Å². The Morgan fingerprint density at radius 1 is 1.79 bits per heavy atom. The van der Waals surface area contributed by atoms with Gasteiger partial charge >= 0.3 is 0 Å². The third-order valence-electron chi connectivity index (χ3n) is 2.36. The summed E-state index contributed by atoms with van der Waals surface area (Å²) in [6, 6.07) is 0.442. The van der Waals surface area contributed by atoms with Crippen LogP contribution in [0.25, 0.3) is 0 Å². The van der Waals surface area contributed by atoms with Gasteiger partial charge in [0, 0.05) is 6.04 Å². The predicted molar refractivity (Wildman–Crippen MR) is 49.6 cm³/mol. The molecule has 76 valence electrons. The van der Waals surface area contributed by atoms with Crippen molar-refractivity contribution in [3.63, 3.8) is 0 Å². The molecule has 6 nitrogen and oxygen atoms in total. The van der Waals surface area contributed by atoms with Gasteiger partial charge in [0.25, 0.3) is 5.91 Å². The van der Waals surface area contributed by atoms with E-state index in [-0.39, 0.29) is 5.69 Å². The van der Waals surface area contributed by atoms with Crippen LogP contribution in [0.15, 0.2) is 6.20 Å². The highest BCUT2D eigenvalue weighted by atomic mass is 16.1. The molecule has 0 bridgehead atoms. The van der Waals surface area contributed by atoms with Crippen LogP contribution in [0.3, 0.4) is 0 Å². The highest BCUT2D eigenvalue weighted by Gasteiger charge is 2.15. The van der Waals surface area contributed by atoms with Crippen molar-refractivity contribution in [2.24, 2.45) is 5.73 Å². The Balaban J connectivity index is 1.98. The van der Waals surface area contributed by atoms with Gasteiger partial charge < -0.3 is 11.1 Å². The van der Waals surface area contributed by atoms with E-state index < -0.39 is 5.91 Å². The summed E-state index contributed by atoms with van der Waals surface area (Å²) >= 11 is 0. The lowest BCUT2D eigenvalue weighted by atomic mass is 10.2. The lowest BCUT2D eigenvalue weighted by Gasteiger charge is -2.08. The first-order chi connectivity index (χ1) is 6.75. The molecule has 2 rings (SSSR count). The Kier molecular flexibility index (Phi) is 2.45. The average molecular weight is 195 g/mol. The number of hydrogen-bond donors (Lipinski definition) is 2. The summed E-state index contributed by atoms with van der Waals surface area (Å²) in [7, 11) is 0. The molecule has 1 amide bonds. The van der Waals surface area contributed by atoms with Crippen LogP contribution in [0.5, 0.6) is 0 Å². The number of rotatable bonds is 3. The minimum Gasteiger partial charge on any atom is -0.364 e. The van der Waals surface area contributed by atoms with E-state index in [2.05, 4.69) is 15.6 Å². The molecule has 1 aliphatic heterocycles. The van der Waals surface area contributed by atoms with Crippen molar-refractivity contribution < 1.29 is 4.79 Å². The smallest absolute Gasteiger partial charge is 0.270 e. The first-order valence-electron chi connectivity index (χ1n) is 4.69. The molecular formula is C8H13N5O. The Morgan fingerprint density at radius 2 is 2.64 bits per heavy atom. The molecule has 2 heterocycles. The van der Waals surface area contributed by atoms with Gasteiger partial charge in [-0.2, -0.15) is 0 Å². The topological polar surface area (TPSA) is 85.8 Å². The second-order valence-electron chi connectivity index (χ2n) is 3.48. The maximum atomic E-state index is 10.7. The molecule has 1 atom stereocenters. The van der Waals surface area contributed by atoms with Crippen LogP contribution in [0.2, 0.25) is 0 Å². The lowest BCUT2D eigenvalue weighted by Crippen LogP contribution is -2.26. The van der Waals surface area contributed by atoms with Gasteiger partial charge in [0.1, 0.15) is 0 Å². The third-order valence-corrected chi connectivity index (χ3v) is 2.36. The lowest BCUT2D eigenvalue weighted by molar-refractivity contribution is 0.0995. The molecule has 1 aliphatic rings. The third kappa shape index (κ3) is 1.90. The number of carbonyl (C=O) groups excluding carboxylic acids is 1. The normalized spacial score (nSPS) is 21.3. The molecule has 0 spiro atoms. The van der Waals surface area contributed by atoms with E-state index in [1.54, 1.807) is 10.9 Å². The number of amides is 1. The summed E-state index contributed by atoms with van der Waals surface area (Å²) in [5.41, 5.74) is 5.29. The molecule has 0 radical (unpaired) electrons. The van der Waals surface area contributed by atoms with Gasteiger partial charge in [0.2, 0.25) is 0 Å². The molecular weight excluding hydrogens is 182 g/mol. The zero-order valence-electron chi connectivity index (χ0n) is 7.81. The molecule has 1 unspecified atom stereocenters. The summed E-state index contributed by atoms with van der Waals surface area (Å²) < 4.78 is 1.66. The Bertz CT molecular complexity index is 328. The number of nitrogens with two attached hydrogens (primary N) is 1. The average Bonchev–Trinajstić information content (AvgIpc) is 2.75. The summed E-state index contributed by atoms with van der Waals surface area (Å²) in [6.45, 7) is 1.81. The molecule has 14 heavy (non-hydrogen) atoms. The minimum atomic E-state index is -0.532. The molecule has 0 saturated carbocycles. The Labute approximate surface area is 81.5 Å². The maximum absolute atomic E-state index is 10.7. The number of carbonyl (C=O) groups is 1. The van der Waals surface area contributed by atoms with Gasteiger partial charge in [0.15, 0.2) is 5.69 Å². The van der Waals surface area contributed by atoms with Crippen molar-refractivity contribution in [2.75, 3.05) is 6.54 Å². The van der Waals surface area contributed by atoms with Crippen molar-refractivity contribution in [2.45, 2.75) is 25.4 Å². The first kappa shape index (κ1) is 9.14. The van der Waals surface area contributed by atoms with E-state index in [0.29, 0.717) is 6.04 Å². The number of aromatic nitrogens is 3. The fourth-order valence-electron chi connectivity index (χ4n) is 1.64. The Hall–Kier alpha value is -1.43. The van der Waals surface area contributed by atoms with E-state index in [1.807, 2.05) is 0 Å². The van der Waals surface area contributed by atoms with E-state index in [4.69, 9.17) is 5.73 Å². The second-order valence-corrected chi connectivity index (χ2v) is 3.48. The maximum Gasteiger partial charge on any atom is 0.270 e. The van der Waals surface area contributed by atoms with Crippen molar-refractivity contribution in [1.82, 2.24) is 20.3 Å². The van der Waals surface area contributed by atoms with E-state index in [1.165, 1.54) is 6.42 Å². The molecule has 6 heteroatoms. The van der Waals surface area contributed by atoms with Gasteiger partial charge in [-0.05, 0) is 19.4 Å². The fourth-order valence-corrected chi connectivity index (χ4v) is 1.64. The van der Waals surface area contributed by atoms with Crippen molar-refractivity contribution in [3.8, 4) is 0 Å². The summed E-state index contributed by atoms with van der Waals surface area (Å²) in [6.07, 6.45) is 3.93. The number of primary amides is 1. The molecule has 0 aromatic carbocycles. The van der Waals surface area contributed by atoms with Crippen LogP contribution in [0.4, 0.5) is 0 Å². The number of nitrogens with zero attached hydrogens (tertiary/aromatic N) is 3. The fraction of sp³-hybridized carbons (Fsp3) is 0.625. The van der Waals surface area contributed by atoms with Crippen LogP contribution in [0, 0.1) is 0 Å². The highest BCUT2D eigenvalue weighted by Crippen LogP contribution is 2.06. The van der Waals surface area contributed by atoms with E-state index >= 15 is 0 Å². The van der Waals surface area contributed by atoms with Gasteiger partial charge in [-0.1, -0.05) is 5.21 Å². The zero-order valence-corrected chi connectivity index (χ0v) is 7.81. The van der Waals surface area contributed by atoms with Crippen LogP contribution in [-0.2, 0) is 6.54 Å². The molecule has 1 aromatic rings. The van der Waals surface area contributed by atoms with E-state index in [0.717, 1.165) is 19.5 Å². The van der Waals surface area contributed by atoms with Crippen LogP contribution in [-0.4, -0.2) is 33.5 Å². The van der Waals surface area contributed by atoms with Crippen molar-refractivity contribution in [1.29, 1.82) is 0 Å². The summed E-state index contributed by atoms with van der Waals surface area (Å²) in [5, 5.41) is 10.8. The van der Waals surface area contributed by atoms with Gasteiger partial charge in [0.05, 0.1) is 12.7 Å². The van der Waals surface area contributed by atoms with Crippen molar-refractivity contribution >= 4 is 5.91 Å². The number of nitrogens with one attached hydrogen (secondary N) is 1. The Morgan fingerprint density at radius 3 is 3.21 bits per heavy atom. The SMILES string of the molecule is NC(=O)c1cn(CC2CCCN2)nn1. The highest BCUT2D eigenvalue weighted by molar-refractivity contribution is 5.90. The molecule has 1 aromatic heterocycles. The van der Waals surface area contributed by atoms with Gasteiger partial charge in [-0.15, -0.1) is 5.10 Å².